The molecule has 2 amide bonds. The van der Waals surface area contributed by atoms with Crippen LogP contribution in [0.1, 0.15) is 31.7 Å². The molecule has 33 heavy (non-hydrogen) atoms. The van der Waals surface area contributed by atoms with Crippen molar-refractivity contribution in [1.82, 2.24) is 24.7 Å². The van der Waals surface area contributed by atoms with Gasteiger partial charge in [0.05, 0.1) is 5.69 Å². The number of nitrogens with two attached hydrogens (primary N) is 1. The monoisotopic (exact) mass is 451 g/mol. The van der Waals surface area contributed by atoms with Gasteiger partial charge in [0.1, 0.15) is 5.82 Å². The van der Waals surface area contributed by atoms with Gasteiger partial charge in [0.15, 0.2) is 0 Å². The molecule has 4 aliphatic rings. The highest BCUT2D eigenvalue weighted by Crippen LogP contribution is 2.62. The largest absolute Gasteiger partial charge is 0.354 e. The quantitative estimate of drug-likeness (QED) is 0.608. The van der Waals surface area contributed by atoms with E-state index in [0.29, 0.717) is 24.7 Å². The van der Waals surface area contributed by atoms with Gasteiger partial charge in [-0.2, -0.15) is 4.98 Å². The van der Waals surface area contributed by atoms with E-state index in [-0.39, 0.29) is 17.4 Å². The smallest absolute Gasteiger partial charge is 0.325 e. The third kappa shape index (κ3) is 4.16. The maximum Gasteiger partial charge on any atom is 0.354 e. The molecule has 1 unspecified atom stereocenters. The first-order valence-electron chi connectivity index (χ1n) is 11.7. The summed E-state index contributed by atoms with van der Waals surface area (Å²) in [6, 6.07) is 9.87. The van der Waals surface area contributed by atoms with Gasteiger partial charge in [0.25, 0.3) is 0 Å². The van der Waals surface area contributed by atoms with Crippen molar-refractivity contribution >= 4 is 11.8 Å². The van der Waals surface area contributed by atoms with Gasteiger partial charge >= 0.3 is 11.7 Å². The Bertz CT molecular complexity index is 1070. The minimum absolute atomic E-state index is 0.111. The molecule has 0 spiro atoms. The van der Waals surface area contributed by atoms with E-state index in [4.69, 9.17) is 5.73 Å². The van der Waals surface area contributed by atoms with Gasteiger partial charge < -0.3 is 16.0 Å². The second kappa shape index (κ2) is 8.23. The molecule has 2 heterocycles. The van der Waals surface area contributed by atoms with Crippen molar-refractivity contribution < 1.29 is 4.79 Å². The van der Waals surface area contributed by atoms with Crippen LogP contribution in [-0.4, -0.2) is 75.7 Å². The summed E-state index contributed by atoms with van der Waals surface area (Å²) < 4.78 is 1.49. The van der Waals surface area contributed by atoms with Crippen LogP contribution in [0.2, 0.25) is 0 Å². The van der Waals surface area contributed by atoms with Gasteiger partial charge in [-0.1, -0.05) is 12.1 Å². The van der Waals surface area contributed by atoms with E-state index in [1.54, 1.807) is 17.2 Å². The number of hydrogen-bond acceptors (Lipinski definition) is 6. The molecule has 1 aromatic heterocycles. The summed E-state index contributed by atoms with van der Waals surface area (Å²) >= 11 is 0. The Kier molecular flexibility index (Phi) is 5.50. The van der Waals surface area contributed by atoms with Gasteiger partial charge in [-0.25, -0.2) is 9.59 Å². The SMILES string of the molecule is CC(Cc1ccc(-n2ccc(NC(=O)N3CCNCC3)nc2=O)cc1)N(C)C12CC(N)(C1)C2. The maximum atomic E-state index is 12.6. The van der Waals surface area contributed by atoms with E-state index in [1.165, 1.54) is 10.1 Å². The molecule has 4 fully saturated rings. The van der Waals surface area contributed by atoms with Crippen LogP contribution < -0.4 is 22.1 Å². The Labute approximate surface area is 194 Å². The Morgan fingerprint density at radius 2 is 1.88 bits per heavy atom. The number of nitrogens with one attached hydrogen (secondary N) is 2. The molecule has 2 bridgehead atoms. The zero-order valence-corrected chi connectivity index (χ0v) is 19.4. The second-order valence-electron chi connectivity index (χ2n) is 10.1. The summed E-state index contributed by atoms with van der Waals surface area (Å²) in [6.45, 7) is 5.07. The van der Waals surface area contributed by atoms with Crippen LogP contribution in [0.25, 0.3) is 5.69 Å². The molecule has 9 nitrogen and oxygen atoms in total. The summed E-state index contributed by atoms with van der Waals surface area (Å²) in [6.07, 6.45) is 5.93. The number of hydrogen-bond donors (Lipinski definition) is 3. The van der Waals surface area contributed by atoms with Gasteiger partial charge in [0.2, 0.25) is 0 Å². The third-order valence-electron chi connectivity index (χ3n) is 7.64. The van der Waals surface area contributed by atoms with E-state index in [0.717, 1.165) is 44.5 Å². The highest BCUT2D eigenvalue weighted by Gasteiger charge is 2.68. The molecule has 1 atom stereocenters. The van der Waals surface area contributed by atoms with E-state index >= 15 is 0 Å². The molecule has 6 rings (SSSR count). The lowest BCUT2D eigenvalue weighted by Crippen LogP contribution is -2.82. The van der Waals surface area contributed by atoms with Gasteiger partial charge in [-0.15, -0.1) is 0 Å². The van der Waals surface area contributed by atoms with Crippen molar-refractivity contribution in [2.45, 2.75) is 49.7 Å². The van der Waals surface area contributed by atoms with Crippen LogP contribution in [0.3, 0.4) is 0 Å². The number of piperazine rings is 1. The third-order valence-corrected chi connectivity index (χ3v) is 7.64. The molecule has 1 saturated heterocycles. The number of likely N-dealkylation sites (N-methyl/N-ethyl adjacent to an activating group) is 1. The van der Waals surface area contributed by atoms with Crippen molar-refractivity contribution in [3.63, 3.8) is 0 Å². The fourth-order valence-corrected chi connectivity index (χ4v) is 5.65. The minimum atomic E-state index is -0.423. The lowest BCUT2D eigenvalue weighted by Gasteiger charge is -2.73. The zero-order chi connectivity index (χ0) is 23.2. The zero-order valence-electron chi connectivity index (χ0n) is 19.4. The fourth-order valence-electron chi connectivity index (χ4n) is 5.65. The molecule has 3 aliphatic carbocycles. The summed E-state index contributed by atoms with van der Waals surface area (Å²) in [4.78, 5) is 33.2. The summed E-state index contributed by atoms with van der Waals surface area (Å²) in [7, 11) is 2.21. The maximum absolute atomic E-state index is 12.6. The average molecular weight is 452 g/mol. The fraction of sp³-hybridized carbons (Fsp3) is 0.542. The Morgan fingerprint density at radius 1 is 1.21 bits per heavy atom. The summed E-state index contributed by atoms with van der Waals surface area (Å²) in [5, 5.41) is 5.93. The number of amides is 2. The van der Waals surface area contributed by atoms with Crippen molar-refractivity contribution in [2.24, 2.45) is 5.73 Å². The van der Waals surface area contributed by atoms with Crippen LogP contribution in [0.15, 0.2) is 41.3 Å². The molecule has 9 heteroatoms. The first kappa shape index (κ1) is 22.1. The Balaban J connectivity index is 1.21. The van der Waals surface area contributed by atoms with E-state index in [1.807, 2.05) is 12.1 Å². The van der Waals surface area contributed by atoms with Gasteiger partial charge in [0, 0.05) is 49.5 Å². The first-order chi connectivity index (χ1) is 15.8. The Hall–Kier alpha value is -2.75. The number of carbonyl (C=O) groups is 1. The van der Waals surface area contributed by atoms with E-state index in [9.17, 15) is 9.59 Å². The Morgan fingerprint density at radius 3 is 2.48 bits per heavy atom. The minimum Gasteiger partial charge on any atom is -0.325 e. The lowest BCUT2D eigenvalue weighted by atomic mass is 9.44. The average Bonchev–Trinajstić information content (AvgIpc) is 2.77. The number of carbonyl (C=O) groups excluding carboxylic acids is 1. The second-order valence-corrected chi connectivity index (χ2v) is 10.1. The normalized spacial score (nSPS) is 27.0. The molecule has 176 valence electrons. The number of benzene rings is 1. The molecule has 1 aromatic carbocycles. The van der Waals surface area contributed by atoms with Crippen molar-refractivity contribution in [3.05, 3.63) is 52.6 Å². The van der Waals surface area contributed by atoms with Crippen molar-refractivity contribution in [3.8, 4) is 5.69 Å². The molecular formula is C24H33N7O2. The summed E-state index contributed by atoms with van der Waals surface area (Å²) in [5.41, 5.74) is 8.21. The molecule has 2 aromatic rings. The lowest BCUT2D eigenvalue weighted by molar-refractivity contribution is -0.164. The van der Waals surface area contributed by atoms with E-state index in [2.05, 4.69) is 46.6 Å². The number of rotatable bonds is 6. The van der Waals surface area contributed by atoms with Crippen LogP contribution in [0, 0.1) is 0 Å². The first-order valence-corrected chi connectivity index (χ1v) is 11.7. The number of aromatic nitrogens is 2. The molecule has 1 aliphatic heterocycles. The number of urea groups is 1. The van der Waals surface area contributed by atoms with Crippen molar-refractivity contribution in [1.29, 1.82) is 0 Å². The van der Waals surface area contributed by atoms with Crippen LogP contribution in [-0.2, 0) is 6.42 Å². The molecule has 0 radical (unpaired) electrons. The number of anilines is 1. The topological polar surface area (TPSA) is 109 Å². The predicted octanol–water partition coefficient (Wildman–Crippen LogP) is 1.17. The standard InChI is InChI=1S/C24H33N7O2/c1-17(29(2)24-14-23(25,15-24)16-24)13-18-3-5-19(6-4-18)31-10-7-20(28-22(31)33)27-21(32)30-11-8-26-9-12-30/h3-7,10,17,26H,8-9,11-16,25H2,1-2H3,(H,27,28,32,33). The van der Waals surface area contributed by atoms with Crippen molar-refractivity contribution in [2.75, 3.05) is 38.5 Å². The van der Waals surface area contributed by atoms with Crippen LogP contribution in [0.4, 0.5) is 10.6 Å². The van der Waals surface area contributed by atoms with E-state index < -0.39 is 5.69 Å². The molecular weight excluding hydrogens is 418 g/mol. The molecule has 3 saturated carbocycles. The van der Waals surface area contributed by atoms with Gasteiger partial charge in [-0.05, 0) is 63.4 Å². The number of nitrogens with zero attached hydrogens (tertiary/aromatic N) is 4. The summed E-state index contributed by atoms with van der Waals surface area (Å²) in [5.74, 6) is 0.265. The molecule has 4 N–H and O–H groups in total. The van der Waals surface area contributed by atoms with Crippen LogP contribution >= 0.6 is 0 Å². The highest BCUT2D eigenvalue weighted by molar-refractivity contribution is 5.88. The predicted molar refractivity (Wildman–Crippen MR) is 128 cm³/mol. The highest BCUT2D eigenvalue weighted by atomic mass is 16.2. The van der Waals surface area contributed by atoms with Crippen LogP contribution in [0.5, 0.6) is 0 Å². The van der Waals surface area contributed by atoms with Gasteiger partial charge in [-0.3, -0.25) is 14.8 Å².